The number of nitrogens with one attached hydrogen (secondary N) is 2. The molecule has 0 spiro atoms. The van der Waals surface area contributed by atoms with Gasteiger partial charge >= 0.3 is 0 Å². The lowest BCUT2D eigenvalue weighted by atomic mass is 10.1. The Morgan fingerprint density at radius 3 is 2.34 bits per heavy atom. The van der Waals surface area contributed by atoms with Gasteiger partial charge in [0.1, 0.15) is 5.75 Å². The number of methoxy groups -OCH3 is 1. The SMILES string of the molecule is CCNC(=NCc1ccc([N+](=O)[O-])cc1)NCC(c1ccc(OC)cc1)N1CCCC1.I. The lowest BCUT2D eigenvalue weighted by molar-refractivity contribution is -0.384. The van der Waals surface area contributed by atoms with Crippen LogP contribution in [0.2, 0.25) is 0 Å². The van der Waals surface area contributed by atoms with Gasteiger partial charge in [0, 0.05) is 25.2 Å². The number of nitrogens with zero attached hydrogens (tertiary/aromatic N) is 3. The van der Waals surface area contributed by atoms with Gasteiger partial charge in [0.25, 0.3) is 5.69 Å². The van der Waals surface area contributed by atoms with E-state index in [0.717, 1.165) is 43.5 Å². The van der Waals surface area contributed by atoms with Crippen molar-refractivity contribution in [2.45, 2.75) is 32.4 Å². The van der Waals surface area contributed by atoms with Gasteiger partial charge < -0.3 is 15.4 Å². The predicted octanol–water partition coefficient (Wildman–Crippen LogP) is 4.11. The zero-order valence-corrected chi connectivity index (χ0v) is 21.0. The van der Waals surface area contributed by atoms with Crippen molar-refractivity contribution in [2.24, 2.45) is 4.99 Å². The number of rotatable bonds is 9. The fraction of sp³-hybridized carbons (Fsp3) is 0.435. The Kier molecular flexibility index (Phi) is 10.7. The molecular weight excluding hydrogens is 521 g/mol. The summed E-state index contributed by atoms with van der Waals surface area (Å²) in [5.41, 5.74) is 2.26. The van der Waals surface area contributed by atoms with Crippen LogP contribution in [0.5, 0.6) is 5.75 Å². The van der Waals surface area contributed by atoms with Crippen LogP contribution in [0.3, 0.4) is 0 Å². The summed E-state index contributed by atoms with van der Waals surface area (Å²) in [5.74, 6) is 1.59. The molecule has 1 aliphatic rings. The Hall–Kier alpha value is -2.40. The normalized spacial score (nSPS) is 15.0. The molecule has 32 heavy (non-hydrogen) atoms. The summed E-state index contributed by atoms with van der Waals surface area (Å²) >= 11 is 0. The largest absolute Gasteiger partial charge is 0.497 e. The lowest BCUT2D eigenvalue weighted by Gasteiger charge is -2.29. The molecule has 174 valence electrons. The van der Waals surface area contributed by atoms with Gasteiger partial charge in [-0.1, -0.05) is 24.3 Å². The number of ether oxygens (including phenoxy) is 1. The minimum atomic E-state index is -0.393. The van der Waals surface area contributed by atoms with Crippen molar-refractivity contribution >= 4 is 35.6 Å². The molecule has 0 aliphatic carbocycles. The lowest BCUT2D eigenvalue weighted by Crippen LogP contribution is -2.42. The summed E-state index contributed by atoms with van der Waals surface area (Å²) in [5, 5.41) is 17.6. The molecule has 1 fully saturated rings. The highest BCUT2D eigenvalue weighted by atomic mass is 127. The number of benzene rings is 2. The average Bonchev–Trinajstić information content (AvgIpc) is 3.33. The van der Waals surface area contributed by atoms with Crippen molar-refractivity contribution in [3.63, 3.8) is 0 Å². The van der Waals surface area contributed by atoms with Gasteiger partial charge in [-0.05, 0) is 56.1 Å². The topological polar surface area (TPSA) is 92.0 Å². The van der Waals surface area contributed by atoms with Crippen LogP contribution in [-0.2, 0) is 6.54 Å². The van der Waals surface area contributed by atoms with E-state index in [1.807, 2.05) is 19.1 Å². The maximum Gasteiger partial charge on any atom is 0.269 e. The highest BCUT2D eigenvalue weighted by Crippen LogP contribution is 2.26. The molecule has 0 amide bonds. The van der Waals surface area contributed by atoms with E-state index in [1.54, 1.807) is 19.2 Å². The maximum absolute atomic E-state index is 10.8. The molecule has 1 aliphatic heterocycles. The molecule has 9 heteroatoms. The van der Waals surface area contributed by atoms with Crippen LogP contribution < -0.4 is 15.4 Å². The van der Waals surface area contributed by atoms with Crippen LogP contribution in [0, 0.1) is 10.1 Å². The van der Waals surface area contributed by atoms with E-state index in [2.05, 4.69) is 32.7 Å². The Labute approximate surface area is 206 Å². The molecular formula is C23H32IN5O3. The van der Waals surface area contributed by atoms with Crippen LogP contribution in [0.4, 0.5) is 5.69 Å². The number of nitro benzene ring substituents is 1. The third kappa shape index (κ3) is 7.33. The highest BCUT2D eigenvalue weighted by molar-refractivity contribution is 14.0. The van der Waals surface area contributed by atoms with Crippen LogP contribution >= 0.6 is 24.0 Å². The molecule has 2 N–H and O–H groups in total. The second kappa shape index (κ2) is 13.2. The van der Waals surface area contributed by atoms with Crippen LogP contribution in [-0.4, -0.2) is 49.1 Å². The molecule has 2 aromatic rings. The van der Waals surface area contributed by atoms with Gasteiger partial charge in [0.2, 0.25) is 0 Å². The van der Waals surface area contributed by atoms with Crippen molar-refractivity contribution < 1.29 is 9.66 Å². The number of likely N-dealkylation sites (tertiary alicyclic amines) is 1. The molecule has 1 heterocycles. The molecule has 1 unspecified atom stereocenters. The maximum atomic E-state index is 10.8. The average molecular weight is 553 g/mol. The first-order valence-corrected chi connectivity index (χ1v) is 10.7. The molecule has 0 radical (unpaired) electrons. The number of hydrogen-bond donors (Lipinski definition) is 2. The number of guanidine groups is 1. The summed E-state index contributed by atoms with van der Waals surface area (Å²) in [4.78, 5) is 17.6. The first-order chi connectivity index (χ1) is 15.1. The van der Waals surface area contributed by atoms with Crippen molar-refractivity contribution in [3.8, 4) is 5.75 Å². The third-order valence-electron chi connectivity index (χ3n) is 5.46. The van der Waals surface area contributed by atoms with Gasteiger partial charge in [0.15, 0.2) is 5.96 Å². The quantitative estimate of drug-likeness (QED) is 0.160. The molecule has 2 aromatic carbocycles. The van der Waals surface area contributed by atoms with Crippen LogP contribution in [0.15, 0.2) is 53.5 Å². The van der Waals surface area contributed by atoms with Crippen molar-refractivity contribution in [1.82, 2.24) is 15.5 Å². The summed E-state index contributed by atoms with van der Waals surface area (Å²) in [7, 11) is 1.68. The van der Waals surface area contributed by atoms with Gasteiger partial charge in [0.05, 0.1) is 24.6 Å². The van der Waals surface area contributed by atoms with Crippen LogP contribution in [0.1, 0.15) is 36.9 Å². The van der Waals surface area contributed by atoms with Gasteiger partial charge in [-0.15, -0.1) is 24.0 Å². The minimum absolute atomic E-state index is 0. The number of nitro groups is 1. The van der Waals surface area contributed by atoms with E-state index in [1.165, 1.54) is 30.5 Å². The number of aliphatic imine (C=N–C) groups is 1. The van der Waals surface area contributed by atoms with Gasteiger partial charge in [-0.2, -0.15) is 0 Å². The monoisotopic (exact) mass is 553 g/mol. The smallest absolute Gasteiger partial charge is 0.269 e. The molecule has 0 saturated carbocycles. The summed E-state index contributed by atoms with van der Waals surface area (Å²) in [6, 6.07) is 15.0. The highest BCUT2D eigenvalue weighted by Gasteiger charge is 2.23. The van der Waals surface area contributed by atoms with Crippen LogP contribution in [0.25, 0.3) is 0 Å². The first-order valence-electron chi connectivity index (χ1n) is 10.7. The van der Waals surface area contributed by atoms with Crippen molar-refractivity contribution in [3.05, 3.63) is 69.8 Å². The number of halogens is 1. The fourth-order valence-electron chi connectivity index (χ4n) is 3.77. The van der Waals surface area contributed by atoms with E-state index in [9.17, 15) is 10.1 Å². The first kappa shape index (κ1) is 25.9. The second-order valence-corrected chi connectivity index (χ2v) is 7.53. The molecule has 0 bridgehead atoms. The number of non-ortho nitro benzene ring substituents is 1. The standard InChI is InChI=1S/C23H31N5O3.HI/c1-3-24-23(25-16-18-6-10-20(11-7-18)28(29)30)26-17-22(27-14-4-5-15-27)19-8-12-21(31-2)13-9-19;/h6-13,22H,3-5,14-17H2,1-2H3,(H2,24,25,26);1H. The van der Waals surface area contributed by atoms with E-state index in [0.29, 0.717) is 6.54 Å². The Morgan fingerprint density at radius 1 is 1.12 bits per heavy atom. The zero-order valence-electron chi connectivity index (χ0n) is 18.6. The zero-order chi connectivity index (χ0) is 22.1. The molecule has 1 saturated heterocycles. The molecule has 8 nitrogen and oxygen atoms in total. The van der Waals surface area contributed by atoms with E-state index in [-0.39, 0.29) is 35.7 Å². The number of hydrogen-bond acceptors (Lipinski definition) is 5. The predicted molar refractivity (Wildman–Crippen MR) is 138 cm³/mol. The van der Waals surface area contributed by atoms with E-state index in [4.69, 9.17) is 4.74 Å². The Bertz CT molecular complexity index is 868. The van der Waals surface area contributed by atoms with E-state index < -0.39 is 4.92 Å². The van der Waals surface area contributed by atoms with Gasteiger partial charge in [-0.3, -0.25) is 15.0 Å². The summed E-state index contributed by atoms with van der Waals surface area (Å²) in [6.07, 6.45) is 2.45. The molecule has 0 aromatic heterocycles. The second-order valence-electron chi connectivity index (χ2n) is 7.53. The van der Waals surface area contributed by atoms with E-state index >= 15 is 0 Å². The summed E-state index contributed by atoms with van der Waals surface area (Å²) < 4.78 is 5.30. The molecule has 1 atom stereocenters. The Morgan fingerprint density at radius 2 is 1.78 bits per heavy atom. The summed E-state index contributed by atoms with van der Waals surface area (Å²) in [6.45, 7) is 6.15. The van der Waals surface area contributed by atoms with Gasteiger partial charge in [-0.25, -0.2) is 4.99 Å². The minimum Gasteiger partial charge on any atom is -0.497 e. The van der Waals surface area contributed by atoms with Crippen molar-refractivity contribution in [1.29, 1.82) is 0 Å². The third-order valence-corrected chi connectivity index (χ3v) is 5.46. The Balaban J connectivity index is 0.00000363. The molecule has 3 rings (SSSR count). The van der Waals surface area contributed by atoms with Crippen molar-refractivity contribution in [2.75, 3.05) is 33.3 Å². The fourth-order valence-corrected chi connectivity index (χ4v) is 3.77.